The third-order valence-corrected chi connectivity index (χ3v) is 8.10. The van der Waals surface area contributed by atoms with Crippen LogP contribution >= 0.6 is 0 Å². The van der Waals surface area contributed by atoms with Crippen LogP contribution in [0.4, 0.5) is 0 Å². The molecular weight excluding hydrogens is 404 g/mol. The number of ether oxygens (including phenoxy) is 1. The fourth-order valence-corrected chi connectivity index (χ4v) is 6.17. The summed E-state index contributed by atoms with van der Waals surface area (Å²) in [5.41, 5.74) is 1.05. The SMILES string of the molecule is COCCNC(=O)[C@@H](C)C1CC[C@@]2(C)CC[C@H](NC(=O)Cc3ccccc3)[C@@H](C)[C@@H]2[C@H]1O. The Labute approximate surface area is 192 Å². The van der Waals surface area contributed by atoms with Crippen molar-refractivity contribution < 1.29 is 19.4 Å². The Morgan fingerprint density at radius 2 is 1.91 bits per heavy atom. The summed E-state index contributed by atoms with van der Waals surface area (Å²) in [6.07, 6.45) is 3.58. The first-order valence-corrected chi connectivity index (χ1v) is 12.0. The Hall–Kier alpha value is -1.92. The molecule has 2 fully saturated rings. The third kappa shape index (κ3) is 5.52. The van der Waals surface area contributed by atoms with E-state index in [4.69, 9.17) is 4.74 Å². The second kappa shape index (κ2) is 10.8. The maximum Gasteiger partial charge on any atom is 0.224 e. The number of aliphatic hydroxyl groups excluding tert-OH is 1. The Balaban J connectivity index is 1.65. The number of benzene rings is 1. The molecule has 2 amide bonds. The molecule has 0 aliphatic heterocycles. The molecule has 0 aromatic heterocycles. The number of nitrogens with one attached hydrogen (secondary N) is 2. The van der Waals surface area contributed by atoms with Crippen molar-refractivity contribution in [1.82, 2.24) is 10.6 Å². The molecular formula is C26H40N2O4. The van der Waals surface area contributed by atoms with Gasteiger partial charge in [-0.05, 0) is 54.4 Å². The molecule has 32 heavy (non-hydrogen) atoms. The minimum Gasteiger partial charge on any atom is -0.392 e. The Morgan fingerprint density at radius 3 is 2.59 bits per heavy atom. The zero-order valence-corrected chi connectivity index (χ0v) is 20.0. The first-order chi connectivity index (χ1) is 15.3. The van der Waals surface area contributed by atoms with E-state index in [9.17, 15) is 14.7 Å². The molecule has 0 bridgehead atoms. The highest BCUT2D eigenvalue weighted by molar-refractivity contribution is 5.79. The molecule has 1 aromatic carbocycles. The lowest BCUT2D eigenvalue weighted by Crippen LogP contribution is -2.58. The first kappa shape index (κ1) is 24.7. The molecule has 3 N–H and O–H groups in total. The van der Waals surface area contributed by atoms with Gasteiger partial charge in [0.15, 0.2) is 0 Å². The lowest BCUT2D eigenvalue weighted by Gasteiger charge is -2.56. The highest BCUT2D eigenvalue weighted by Gasteiger charge is 2.53. The summed E-state index contributed by atoms with van der Waals surface area (Å²) in [5, 5.41) is 17.6. The van der Waals surface area contributed by atoms with E-state index in [0.717, 1.165) is 31.2 Å². The Kier molecular flexibility index (Phi) is 8.34. The number of methoxy groups -OCH3 is 1. The van der Waals surface area contributed by atoms with E-state index in [1.54, 1.807) is 7.11 Å². The van der Waals surface area contributed by atoms with E-state index < -0.39 is 6.10 Å². The molecule has 6 nitrogen and oxygen atoms in total. The minimum atomic E-state index is -0.555. The number of carbonyl (C=O) groups is 2. The van der Waals surface area contributed by atoms with Crippen LogP contribution in [0.1, 0.15) is 52.0 Å². The lowest BCUT2D eigenvalue weighted by atomic mass is 9.51. The highest BCUT2D eigenvalue weighted by Crippen LogP contribution is 2.55. The van der Waals surface area contributed by atoms with Crippen molar-refractivity contribution in [2.45, 2.75) is 65.0 Å². The van der Waals surface area contributed by atoms with Crippen LogP contribution in [0.2, 0.25) is 0 Å². The van der Waals surface area contributed by atoms with Gasteiger partial charge in [-0.2, -0.15) is 0 Å². The lowest BCUT2D eigenvalue weighted by molar-refractivity contribution is -0.143. The topological polar surface area (TPSA) is 87.7 Å². The highest BCUT2D eigenvalue weighted by atomic mass is 16.5. The molecule has 0 saturated heterocycles. The van der Waals surface area contributed by atoms with Crippen molar-refractivity contribution in [3.63, 3.8) is 0 Å². The molecule has 3 rings (SSSR count). The molecule has 6 heteroatoms. The van der Waals surface area contributed by atoms with Crippen molar-refractivity contribution in [3.05, 3.63) is 35.9 Å². The molecule has 0 spiro atoms. The normalized spacial score (nSPS) is 33.1. The fourth-order valence-electron chi connectivity index (χ4n) is 6.17. The maximum absolute atomic E-state index is 12.7. The largest absolute Gasteiger partial charge is 0.392 e. The van der Waals surface area contributed by atoms with Gasteiger partial charge in [0.2, 0.25) is 11.8 Å². The van der Waals surface area contributed by atoms with E-state index in [2.05, 4.69) is 24.5 Å². The molecule has 0 radical (unpaired) electrons. The zero-order chi connectivity index (χ0) is 23.3. The summed E-state index contributed by atoms with van der Waals surface area (Å²) in [6.45, 7) is 7.32. The quantitative estimate of drug-likeness (QED) is 0.538. The number of aliphatic hydroxyl groups is 1. The minimum absolute atomic E-state index is 0.0223. The summed E-state index contributed by atoms with van der Waals surface area (Å²) in [4.78, 5) is 25.3. The smallest absolute Gasteiger partial charge is 0.224 e. The van der Waals surface area contributed by atoms with E-state index in [1.807, 2.05) is 37.3 Å². The van der Waals surface area contributed by atoms with Gasteiger partial charge < -0.3 is 20.5 Å². The number of amides is 2. The molecule has 2 aliphatic rings. The van der Waals surface area contributed by atoms with Gasteiger partial charge in [0.05, 0.1) is 19.1 Å². The summed E-state index contributed by atoms with van der Waals surface area (Å²) in [6, 6.07) is 9.82. The average Bonchev–Trinajstić information content (AvgIpc) is 2.76. The number of hydrogen-bond acceptors (Lipinski definition) is 4. The maximum atomic E-state index is 12.7. The molecule has 7 atom stereocenters. The van der Waals surface area contributed by atoms with Crippen molar-refractivity contribution in [2.24, 2.45) is 29.1 Å². The van der Waals surface area contributed by atoms with Crippen LogP contribution in [0.3, 0.4) is 0 Å². The predicted octanol–water partition coefficient (Wildman–Crippen LogP) is 2.94. The average molecular weight is 445 g/mol. The Bertz CT molecular complexity index is 770. The standard InChI is InChI=1S/C26H40N2O4/c1-17(25(31)27-14-15-32-4)20-10-12-26(3)13-11-21(18(2)23(26)24(20)30)28-22(29)16-19-8-6-5-7-9-19/h5-9,17-18,20-21,23-24,30H,10-16H2,1-4H3,(H,27,31)(H,28,29)/t17-,18+,20?,21-,23+,24-,26-/m0/s1. The van der Waals surface area contributed by atoms with Gasteiger partial charge in [-0.15, -0.1) is 0 Å². The van der Waals surface area contributed by atoms with Gasteiger partial charge in [-0.25, -0.2) is 0 Å². The van der Waals surface area contributed by atoms with Gasteiger partial charge in [0.25, 0.3) is 0 Å². The third-order valence-electron chi connectivity index (χ3n) is 8.10. The van der Waals surface area contributed by atoms with Crippen LogP contribution in [-0.2, 0) is 20.7 Å². The van der Waals surface area contributed by atoms with Gasteiger partial charge in [-0.3, -0.25) is 9.59 Å². The predicted molar refractivity (Wildman–Crippen MR) is 125 cm³/mol. The van der Waals surface area contributed by atoms with Crippen LogP contribution in [0.25, 0.3) is 0 Å². The number of rotatable bonds is 8. The summed E-state index contributed by atoms with van der Waals surface area (Å²) in [5.74, 6) is -0.111. The monoisotopic (exact) mass is 444 g/mol. The van der Waals surface area contributed by atoms with E-state index in [-0.39, 0.29) is 46.9 Å². The number of carbonyl (C=O) groups excluding carboxylic acids is 2. The fraction of sp³-hybridized carbons (Fsp3) is 0.692. The summed E-state index contributed by atoms with van der Waals surface area (Å²) in [7, 11) is 1.61. The molecule has 178 valence electrons. The van der Waals surface area contributed by atoms with Crippen LogP contribution in [0, 0.1) is 29.1 Å². The van der Waals surface area contributed by atoms with Crippen molar-refractivity contribution in [1.29, 1.82) is 0 Å². The van der Waals surface area contributed by atoms with Crippen molar-refractivity contribution in [3.8, 4) is 0 Å². The molecule has 1 aromatic rings. The number of hydrogen-bond donors (Lipinski definition) is 3. The van der Waals surface area contributed by atoms with E-state index in [0.29, 0.717) is 19.6 Å². The second-order valence-corrected chi connectivity index (χ2v) is 10.2. The van der Waals surface area contributed by atoms with Gasteiger partial charge >= 0.3 is 0 Å². The Morgan fingerprint density at radius 1 is 1.22 bits per heavy atom. The van der Waals surface area contributed by atoms with E-state index in [1.165, 1.54) is 0 Å². The van der Waals surface area contributed by atoms with E-state index >= 15 is 0 Å². The van der Waals surface area contributed by atoms with Crippen molar-refractivity contribution in [2.75, 3.05) is 20.3 Å². The summed E-state index contributed by atoms with van der Waals surface area (Å²) >= 11 is 0. The van der Waals surface area contributed by atoms with Crippen LogP contribution in [0.15, 0.2) is 30.3 Å². The first-order valence-electron chi connectivity index (χ1n) is 12.0. The van der Waals surface area contributed by atoms with Crippen LogP contribution < -0.4 is 10.6 Å². The molecule has 1 unspecified atom stereocenters. The molecule has 2 aliphatic carbocycles. The van der Waals surface area contributed by atoms with Crippen LogP contribution in [-0.4, -0.2) is 49.3 Å². The van der Waals surface area contributed by atoms with Crippen LogP contribution in [0.5, 0.6) is 0 Å². The molecule has 0 heterocycles. The van der Waals surface area contributed by atoms with Gasteiger partial charge in [0, 0.05) is 25.6 Å². The molecule has 2 saturated carbocycles. The van der Waals surface area contributed by atoms with Gasteiger partial charge in [0.1, 0.15) is 0 Å². The number of fused-ring (bicyclic) bond motifs is 1. The van der Waals surface area contributed by atoms with Crippen molar-refractivity contribution >= 4 is 11.8 Å². The summed E-state index contributed by atoms with van der Waals surface area (Å²) < 4.78 is 5.02. The second-order valence-electron chi connectivity index (χ2n) is 10.2. The zero-order valence-electron chi connectivity index (χ0n) is 20.0. The van der Waals surface area contributed by atoms with Gasteiger partial charge in [-0.1, -0.05) is 51.1 Å².